The Balaban J connectivity index is 2.12. The first kappa shape index (κ1) is 9.28. The van der Waals surface area contributed by atoms with Gasteiger partial charge in [0.2, 0.25) is 0 Å². The predicted octanol–water partition coefficient (Wildman–Crippen LogP) is 1.48. The fraction of sp³-hybridized carbons (Fsp3) is 0.889. The van der Waals surface area contributed by atoms with E-state index < -0.39 is 5.97 Å². The van der Waals surface area contributed by atoms with Gasteiger partial charge in [0.05, 0.1) is 5.92 Å². The quantitative estimate of drug-likeness (QED) is 0.669. The van der Waals surface area contributed by atoms with Crippen molar-refractivity contribution in [3.05, 3.63) is 0 Å². The molecule has 3 aliphatic rings. The van der Waals surface area contributed by atoms with Crippen LogP contribution in [0.2, 0.25) is 0 Å². The Kier molecular flexibility index (Phi) is 2.24. The van der Waals surface area contributed by atoms with E-state index in [1.807, 2.05) is 0 Å². The highest BCUT2D eigenvalue weighted by atomic mass is 35.5. The van der Waals surface area contributed by atoms with E-state index in [-0.39, 0.29) is 12.0 Å². The molecule has 4 heteroatoms. The number of fused-ring (bicyclic) bond motifs is 2. The number of hydrogen-bond acceptors (Lipinski definition) is 2. The van der Waals surface area contributed by atoms with E-state index in [1.165, 1.54) is 0 Å². The maximum atomic E-state index is 10.9. The topological polar surface area (TPSA) is 49.3 Å². The van der Waals surface area contributed by atoms with E-state index >= 15 is 0 Å². The van der Waals surface area contributed by atoms with Gasteiger partial charge in [0, 0.05) is 6.04 Å². The molecule has 2 bridgehead atoms. The van der Waals surface area contributed by atoms with E-state index in [0.29, 0.717) is 17.8 Å². The third-order valence-electron chi connectivity index (χ3n) is 3.89. The van der Waals surface area contributed by atoms with Crippen LogP contribution in [0.25, 0.3) is 0 Å². The minimum Gasteiger partial charge on any atom is -0.481 e. The molecule has 3 fully saturated rings. The van der Waals surface area contributed by atoms with Crippen LogP contribution in [0, 0.1) is 23.7 Å². The van der Waals surface area contributed by atoms with Gasteiger partial charge in [-0.15, -0.1) is 0 Å². The van der Waals surface area contributed by atoms with Gasteiger partial charge in [-0.05, 0) is 42.4 Å². The predicted molar refractivity (Wildman–Crippen MR) is 49.3 cm³/mol. The number of carbonyl (C=O) groups is 1. The van der Waals surface area contributed by atoms with Gasteiger partial charge in [-0.3, -0.25) is 4.79 Å². The van der Waals surface area contributed by atoms with Crippen molar-refractivity contribution in [2.75, 3.05) is 0 Å². The molecule has 5 atom stereocenters. The Morgan fingerprint density at radius 3 is 2.69 bits per heavy atom. The molecule has 0 heterocycles. The van der Waals surface area contributed by atoms with E-state index in [9.17, 15) is 4.79 Å². The summed E-state index contributed by atoms with van der Waals surface area (Å²) in [6.07, 6.45) is 1.94. The van der Waals surface area contributed by atoms with Crippen molar-refractivity contribution >= 4 is 17.7 Å². The molecule has 13 heavy (non-hydrogen) atoms. The van der Waals surface area contributed by atoms with Crippen molar-refractivity contribution in [3.8, 4) is 0 Å². The monoisotopic (exact) mass is 203 g/mol. The molecule has 0 saturated heterocycles. The third-order valence-corrected chi connectivity index (χ3v) is 4.14. The van der Waals surface area contributed by atoms with E-state index in [0.717, 1.165) is 12.8 Å². The summed E-state index contributed by atoms with van der Waals surface area (Å²) in [6.45, 7) is 2.19. The van der Waals surface area contributed by atoms with Gasteiger partial charge in [-0.2, -0.15) is 0 Å². The number of aliphatic carboxylic acids is 1. The molecule has 0 spiro atoms. The van der Waals surface area contributed by atoms with Crippen LogP contribution in [0.5, 0.6) is 0 Å². The van der Waals surface area contributed by atoms with Crippen molar-refractivity contribution < 1.29 is 9.90 Å². The Labute approximate surface area is 82.6 Å². The summed E-state index contributed by atoms with van der Waals surface area (Å²) in [7, 11) is 0. The van der Waals surface area contributed by atoms with Crippen molar-refractivity contribution in [2.45, 2.75) is 25.8 Å². The number of nitrogens with one attached hydrogen (secondary N) is 1. The fourth-order valence-electron chi connectivity index (χ4n) is 2.90. The lowest BCUT2D eigenvalue weighted by molar-refractivity contribution is -0.151. The average Bonchev–Trinajstić information content (AvgIpc) is 2.15. The van der Waals surface area contributed by atoms with Crippen molar-refractivity contribution in [1.29, 1.82) is 0 Å². The second kappa shape index (κ2) is 3.14. The van der Waals surface area contributed by atoms with Crippen LogP contribution in [0.3, 0.4) is 0 Å². The SMILES string of the molecule is CC1[C@@H]2CC(C(=O)O)[C@@H](NCl)[C@H]1C2. The second-order valence-electron chi connectivity index (χ2n) is 4.33. The van der Waals surface area contributed by atoms with Gasteiger partial charge >= 0.3 is 5.97 Å². The lowest BCUT2D eigenvalue weighted by atomic mass is 9.53. The zero-order valence-electron chi connectivity index (χ0n) is 7.53. The van der Waals surface area contributed by atoms with Crippen molar-refractivity contribution in [3.63, 3.8) is 0 Å². The number of carboxylic acids is 1. The average molecular weight is 204 g/mol. The van der Waals surface area contributed by atoms with Crippen LogP contribution in [0.4, 0.5) is 0 Å². The maximum absolute atomic E-state index is 10.9. The normalized spacial score (nSPS) is 48.3. The fourth-order valence-corrected chi connectivity index (χ4v) is 3.21. The largest absolute Gasteiger partial charge is 0.481 e. The number of rotatable bonds is 2. The molecule has 0 aliphatic heterocycles. The lowest BCUT2D eigenvalue weighted by Gasteiger charge is -2.54. The molecule has 2 unspecified atom stereocenters. The van der Waals surface area contributed by atoms with Crippen LogP contribution in [-0.4, -0.2) is 17.1 Å². The number of halogens is 1. The van der Waals surface area contributed by atoms with Crippen LogP contribution < -0.4 is 4.84 Å². The smallest absolute Gasteiger partial charge is 0.308 e. The Morgan fingerprint density at radius 2 is 2.23 bits per heavy atom. The molecule has 3 aliphatic carbocycles. The molecular weight excluding hydrogens is 190 g/mol. The van der Waals surface area contributed by atoms with Crippen molar-refractivity contribution in [1.82, 2.24) is 4.84 Å². The van der Waals surface area contributed by atoms with Crippen molar-refractivity contribution in [2.24, 2.45) is 23.7 Å². The molecule has 0 radical (unpaired) electrons. The molecule has 2 N–H and O–H groups in total. The standard InChI is InChI=1S/C9H14ClNO2/c1-4-5-2-6(4)8(11-10)7(3-5)9(12)13/h4-8,11H,2-3H2,1H3,(H,12,13)/t4?,5-,6-,7?,8-/m0/s1. The first-order valence-electron chi connectivity index (χ1n) is 4.74. The summed E-state index contributed by atoms with van der Waals surface area (Å²) in [5.41, 5.74) is 0. The van der Waals surface area contributed by atoms with E-state index in [1.54, 1.807) is 0 Å². The molecule has 3 saturated carbocycles. The highest BCUT2D eigenvalue weighted by molar-refractivity contribution is 6.13. The Hall–Kier alpha value is -0.280. The van der Waals surface area contributed by atoms with Crippen LogP contribution >= 0.6 is 11.8 Å². The molecule has 3 nitrogen and oxygen atoms in total. The molecule has 0 aromatic heterocycles. The Morgan fingerprint density at radius 1 is 1.54 bits per heavy atom. The maximum Gasteiger partial charge on any atom is 0.308 e. The summed E-state index contributed by atoms with van der Waals surface area (Å²) in [6, 6.07) is -0.0285. The summed E-state index contributed by atoms with van der Waals surface area (Å²) >= 11 is 5.59. The van der Waals surface area contributed by atoms with E-state index in [4.69, 9.17) is 16.9 Å². The van der Waals surface area contributed by atoms with Gasteiger partial charge in [0.25, 0.3) is 0 Å². The summed E-state index contributed by atoms with van der Waals surface area (Å²) in [5, 5.41) is 8.97. The van der Waals surface area contributed by atoms with Crippen LogP contribution in [-0.2, 0) is 4.79 Å². The molecular formula is C9H14ClNO2. The van der Waals surface area contributed by atoms with Crippen LogP contribution in [0.15, 0.2) is 0 Å². The van der Waals surface area contributed by atoms with Gasteiger partial charge in [0.15, 0.2) is 0 Å². The minimum absolute atomic E-state index is 0.0285. The lowest BCUT2D eigenvalue weighted by Crippen LogP contribution is -2.57. The molecule has 3 rings (SSSR count). The zero-order valence-corrected chi connectivity index (χ0v) is 8.29. The van der Waals surface area contributed by atoms with E-state index in [2.05, 4.69) is 11.8 Å². The molecule has 0 aromatic carbocycles. The second-order valence-corrected chi connectivity index (χ2v) is 4.55. The first-order chi connectivity index (χ1) is 6.15. The van der Waals surface area contributed by atoms with Gasteiger partial charge < -0.3 is 5.11 Å². The summed E-state index contributed by atoms with van der Waals surface area (Å²) in [4.78, 5) is 13.5. The molecule has 74 valence electrons. The number of hydrogen-bond donors (Lipinski definition) is 2. The number of carboxylic acid groups (broad SMARTS) is 1. The molecule has 0 amide bonds. The van der Waals surface area contributed by atoms with Gasteiger partial charge in [-0.1, -0.05) is 6.92 Å². The van der Waals surface area contributed by atoms with Gasteiger partial charge in [0.1, 0.15) is 0 Å². The van der Waals surface area contributed by atoms with Gasteiger partial charge in [-0.25, -0.2) is 4.84 Å². The summed E-state index contributed by atoms with van der Waals surface area (Å²) in [5.74, 6) is 0.744. The first-order valence-corrected chi connectivity index (χ1v) is 5.12. The highest BCUT2D eigenvalue weighted by Crippen LogP contribution is 2.52. The summed E-state index contributed by atoms with van der Waals surface area (Å²) < 4.78 is 0. The Bertz CT molecular complexity index is 234. The minimum atomic E-state index is -0.709. The zero-order chi connectivity index (χ0) is 9.59. The highest BCUT2D eigenvalue weighted by Gasteiger charge is 2.52. The van der Waals surface area contributed by atoms with Crippen LogP contribution in [0.1, 0.15) is 19.8 Å². The molecule has 0 aromatic rings. The third kappa shape index (κ3) is 1.25.